The highest BCUT2D eigenvalue weighted by Gasteiger charge is 1.85. The summed E-state index contributed by atoms with van der Waals surface area (Å²) in [5.41, 5.74) is 0.892. The average molecular weight is 156 g/mol. The molecule has 4 heteroatoms. The van der Waals surface area contributed by atoms with Gasteiger partial charge in [0, 0.05) is 28.2 Å². The van der Waals surface area contributed by atoms with E-state index in [4.69, 9.17) is 0 Å². The summed E-state index contributed by atoms with van der Waals surface area (Å²) in [5, 5.41) is 11.6. The topological polar surface area (TPSA) is 31.2 Å². The van der Waals surface area contributed by atoms with E-state index in [0.29, 0.717) is 0 Å². The SMILES string of the molecule is CC(/C=N\N(C)C)=N\N(C)C. The summed E-state index contributed by atoms with van der Waals surface area (Å²) in [4.78, 5) is 0. The van der Waals surface area contributed by atoms with Crippen LogP contribution in [0.25, 0.3) is 0 Å². The fourth-order valence-electron chi connectivity index (χ4n) is 0.540. The second kappa shape index (κ2) is 4.71. The molecule has 0 aromatic rings. The van der Waals surface area contributed by atoms with Crippen LogP contribution in [0.2, 0.25) is 0 Å². The third-order valence-electron chi connectivity index (χ3n) is 0.833. The minimum atomic E-state index is 0.892. The van der Waals surface area contributed by atoms with Crippen LogP contribution in [-0.4, -0.2) is 50.1 Å². The predicted molar refractivity (Wildman–Crippen MR) is 49.0 cm³/mol. The van der Waals surface area contributed by atoms with Crippen LogP contribution in [-0.2, 0) is 0 Å². The molecule has 0 fully saturated rings. The lowest BCUT2D eigenvalue weighted by Gasteiger charge is -2.05. The number of hydrogen-bond acceptors (Lipinski definition) is 4. The van der Waals surface area contributed by atoms with Gasteiger partial charge in [0.2, 0.25) is 0 Å². The van der Waals surface area contributed by atoms with Gasteiger partial charge in [-0.2, -0.15) is 10.2 Å². The first-order chi connectivity index (χ1) is 5.02. The molecule has 0 spiro atoms. The van der Waals surface area contributed by atoms with Crippen molar-refractivity contribution in [3.05, 3.63) is 0 Å². The fourth-order valence-corrected chi connectivity index (χ4v) is 0.540. The summed E-state index contributed by atoms with van der Waals surface area (Å²) >= 11 is 0. The summed E-state index contributed by atoms with van der Waals surface area (Å²) in [7, 11) is 7.51. The van der Waals surface area contributed by atoms with Crippen LogP contribution in [0, 0.1) is 0 Å². The molecule has 0 aliphatic heterocycles. The molecule has 0 saturated carbocycles. The van der Waals surface area contributed by atoms with E-state index in [9.17, 15) is 0 Å². The quantitative estimate of drug-likeness (QED) is 0.439. The molecule has 0 aliphatic rings. The number of nitrogens with zero attached hydrogens (tertiary/aromatic N) is 4. The standard InChI is InChI=1S/C7H16N4/c1-7(9-11(4)5)6-8-10(2)3/h6H,1-5H3/b8-6-,9-7+. The van der Waals surface area contributed by atoms with E-state index in [1.54, 1.807) is 16.2 Å². The van der Waals surface area contributed by atoms with Crippen LogP contribution in [0.15, 0.2) is 10.2 Å². The van der Waals surface area contributed by atoms with Crippen molar-refractivity contribution < 1.29 is 0 Å². The molecule has 0 unspecified atom stereocenters. The van der Waals surface area contributed by atoms with Crippen molar-refractivity contribution in [3.63, 3.8) is 0 Å². The Labute approximate surface area is 68.2 Å². The smallest absolute Gasteiger partial charge is 0.0774 e. The van der Waals surface area contributed by atoms with Gasteiger partial charge in [0.15, 0.2) is 0 Å². The maximum Gasteiger partial charge on any atom is 0.0774 e. The Kier molecular flexibility index (Phi) is 4.26. The molecule has 0 bridgehead atoms. The fraction of sp³-hybridized carbons (Fsp3) is 0.714. The number of hydrazone groups is 2. The number of rotatable bonds is 3. The van der Waals surface area contributed by atoms with Gasteiger partial charge in [0.1, 0.15) is 0 Å². The van der Waals surface area contributed by atoms with E-state index in [1.165, 1.54) is 0 Å². The molecule has 0 aromatic carbocycles. The van der Waals surface area contributed by atoms with E-state index in [1.807, 2.05) is 35.1 Å². The highest BCUT2D eigenvalue weighted by atomic mass is 15.4. The van der Waals surface area contributed by atoms with E-state index < -0.39 is 0 Å². The third-order valence-corrected chi connectivity index (χ3v) is 0.833. The Balaban J connectivity index is 3.95. The molecule has 0 rings (SSSR count). The summed E-state index contributed by atoms with van der Waals surface area (Å²) in [6.45, 7) is 1.91. The van der Waals surface area contributed by atoms with Crippen molar-refractivity contribution >= 4 is 11.9 Å². The summed E-state index contributed by atoms with van der Waals surface area (Å²) < 4.78 is 0. The van der Waals surface area contributed by atoms with Crippen molar-refractivity contribution in [2.24, 2.45) is 10.2 Å². The molecular formula is C7H16N4. The third kappa shape index (κ3) is 6.83. The monoisotopic (exact) mass is 156 g/mol. The van der Waals surface area contributed by atoms with Crippen LogP contribution in [0.3, 0.4) is 0 Å². The Hall–Kier alpha value is -1.06. The van der Waals surface area contributed by atoms with E-state index in [0.717, 1.165) is 5.71 Å². The minimum Gasteiger partial charge on any atom is -0.303 e. The molecule has 0 heterocycles. The maximum absolute atomic E-state index is 4.12. The Morgan fingerprint density at radius 3 is 2.00 bits per heavy atom. The van der Waals surface area contributed by atoms with Gasteiger partial charge in [-0.15, -0.1) is 0 Å². The lowest BCUT2D eigenvalue weighted by Crippen LogP contribution is -2.09. The lowest BCUT2D eigenvalue weighted by atomic mass is 10.5. The highest BCUT2D eigenvalue weighted by Crippen LogP contribution is 1.79. The first kappa shape index (κ1) is 9.94. The van der Waals surface area contributed by atoms with Gasteiger partial charge < -0.3 is 10.0 Å². The summed E-state index contributed by atoms with van der Waals surface area (Å²) in [6.07, 6.45) is 1.72. The molecule has 0 amide bonds. The van der Waals surface area contributed by atoms with Crippen LogP contribution in [0.1, 0.15) is 6.92 Å². The molecule has 0 aliphatic carbocycles. The largest absolute Gasteiger partial charge is 0.303 e. The second-order valence-electron chi connectivity index (χ2n) is 2.68. The van der Waals surface area contributed by atoms with Gasteiger partial charge in [-0.3, -0.25) is 0 Å². The molecule has 0 aromatic heterocycles. The van der Waals surface area contributed by atoms with Crippen molar-refractivity contribution in [2.45, 2.75) is 6.92 Å². The van der Waals surface area contributed by atoms with E-state index in [-0.39, 0.29) is 0 Å². The number of hydrogen-bond donors (Lipinski definition) is 0. The van der Waals surface area contributed by atoms with Gasteiger partial charge in [0.05, 0.1) is 11.9 Å². The highest BCUT2D eigenvalue weighted by molar-refractivity contribution is 6.29. The molecule has 64 valence electrons. The van der Waals surface area contributed by atoms with Crippen LogP contribution in [0.5, 0.6) is 0 Å². The van der Waals surface area contributed by atoms with Gasteiger partial charge in [-0.25, -0.2) is 0 Å². The zero-order valence-electron chi connectivity index (χ0n) is 7.87. The Morgan fingerprint density at radius 2 is 1.64 bits per heavy atom. The average Bonchev–Trinajstić information content (AvgIpc) is 1.82. The van der Waals surface area contributed by atoms with Crippen molar-refractivity contribution in [3.8, 4) is 0 Å². The molecule has 11 heavy (non-hydrogen) atoms. The first-order valence-electron chi connectivity index (χ1n) is 3.46. The van der Waals surface area contributed by atoms with Gasteiger partial charge >= 0.3 is 0 Å². The first-order valence-corrected chi connectivity index (χ1v) is 3.46. The van der Waals surface area contributed by atoms with Crippen molar-refractivity contribution in [1.82, 2.24) is 10.0 Å². The molecule has 0 N–H and O–H groups in total. The zero-order chi connectivity index (χ0) is 8.85. The zero-order valence-corrected chi connectivity index (χ0v) is 7.87. The van der Waals surface area contributed by atoms with Crippen LogP contribution >= 0.6 is 0 Å². The summed E-state index contributed by atoms with van der Waals surface area (Å²) in [6, 6.07) is 0. The van der Waals surface area contributed by atoms with Crippen LogP contribution in [0.4, 0.5) is 0 Å². The second-order valence-corrected chi connectivity index (χ2v) is 2.68. The van der Waals surface area contributed by atoms with Crippen LogP contribution < -0.4 is 0 Å². The summed E-state index contributed by atoms with van der Waals surface area (Å²) in [5.74, 6) is 0. The van der Waals surface area contributed by atoms with Gasteiger partial charge in [-0.1, -0.05) is 0 Å². The molecule has 0 saturated heterocycles. The molecule has 0 atom stereocenters. The van der Waals surface area contributed by atoms with Gasteiger partial charge in [0.25, 0.3) is 0 Å². The minimum absolute atomic E-state index is 0.892. The van der Waals surface area contributed by atoms with Gasteiger partial charge in [-0.05, 0) is 6.92 Å². The lowest BCUT2D eigenvalue weighted by molar-refractivity contribution is 0.435. The normalized spacial score (nSPS) is 12.3. The molecule has 4 nitrogen and oxygen atoms in total. The Bertz CT molecular complexity index is 158. The van der Waals surface area contributed by atoms with Crippen molar-refractivity contribution in [2.75, 3.05) is 28.2 Å². The van der Waals surface area contributed by atoms with Crippen molar-refractivity contribution in [1.29, 1.82) is 0 Å². The maximum atomic E-state index is 4.12. The molecular weight excluding hydrogens is 140 g/mol. The Morgan fingerprint density at radius 1 is 1.09 bits per heavy atom. The predicted octanol–water partition coefficient (Wildman–Crippen LogP) is 0.471. The van der Waals surface area contributed by atoms with E-state index >= 15 is 0 Å². The molecule has 0 radical (unpaired) electrons. The van der Waals surface area contributed by atoms with E-state index in [2.05, 4.69) is 10.2 Å².